The maximum atomic E-state index is 10.3. The van der Waals surface area contributed by atoms with Crippen molar-refractivity contribution in [3.8, 4) is 0 Å². The second-order valence-electron chi connectivity index (χ2n) is 5.55. The summed E-state index contributed by atoms with van der Waals surface area (Å²) in [5, 5.41) is 17.7. The molecule has 0 aliphatic heterocycles. The number of carboxylic acid groups (broad SMARTS) is 2. The Balaban J connectivity index is -0.000000151. The van der Waals surface area contributed by atoms with Gasteiger partial charge in [-0.3, -0.25) is 38.4 Å². The Labute approximate surface area is 174 Å². The molecule has 172 valence electrons. The van der Waals surface area contributed by atoms with E-state index < -0.39 is 24.3 Å². The fourth-order valence-electron chi connectivity index (χ4n) is 1.07. The first-order valence-electron chi connectivity index (χ1n) is 8.27. The number of hydrogen-bond donors (Lipinski definition) is 3. The average Bonchev–Trinajstić information content (AvgIpc) is 2.52. The molecule has 0 saturated heterocycles. The number of ketones is 4. The first kappa shape index (κ1) is 34.1. The molecule has 0 fully saturated rings. The van der Waals surface area contributed by atoms with Crippen molar-refractivity contribution in [1.82, 2.24) is 5.32 Å². The van der Waals surface area contributed by atoms with Crippen molar-refractivity contribution in [3.05, 3.63) is 0 Å². The maximum absolute atomic E-state index is 10.3. The van der Waals surface area contributed by atoms with E-state index >= 15 is 0 Å². The minimum atomic E-state index is -1.31. The predicted octanol–water partition coefficient (Wildman–Crippen LogP) is -0.0498. The van der Waals surface area contributed by atoms with Crippen LogP contribution in [0.5, 0.6) is 0 Å². The molecule has 0 heterocycles. The summed E-state index contributed by atoms with van der Waals surface area (Å²) < 4.78 is 4.20. The lowest BCUT2D eigenvalue weighted by Gasteiger charge is -1.91. The Morgan fingerprint density at radius 3 is 1.03 bits per heavy atom. The summed E-state index contributed by atoms with van der Waals surface area (Å²) in [7, 11) is 2.76. The number of carbonyl (C=O) groups is 8. The summed E-state index contributed by atoms with van der Waals surface area (Å²) in [5.74, 6) is -3.73. The number of nitrogens with one attached hydrogen (secondary N) is 1. The Kier molecular flexibility index (Phi) is 24.8. The van der Waals surface area contributed by atoms with Crippen LogP contribution in [0.15, 0.2) is 0 Å². The molecule has 0 radical (unpaired) electrons. The fourth-order valence-corrected chi connectivity index (χ4v) is 1.07. The Hall–Kier alpha value is -3.44. The van der Waals surface area contributed by atoms with E-state index in [1.54, 1.807) is 0 Å². The van der Waals surface area contributed by atoms with E-state index in [-0.39, 0.29) is 48.3 Å². The number of hydrogen-bond acceptors (Lipinski definition) is 9. The molecule has 0 spiro atoms. The summed E-state index contributed by atoms with van der Waals surface area (Å²) in [6.07, 6.45) is -0.840. The van der Waals surface area contributed by atoms with Crippen LogP contribution >= 0.6 is 0 Å². The van der Waals surface area contributed by atoms with Crippen molar-refractivity contribution >= 4 is 46.9 Å². The number of aliphatic carboxylic acids is 2. The molecule has 0 atom stereocenters. The number of carbonyl (C=O) groups excluding carboxylic acids is 6. The van der Waals surface area contributed by atoms with Crippen molar-refractivity contribution in [1.29, 1.82) is 0 Å². The van der Waals surface area contributed by atoms with Gasteiger partial charge in [0.15, 0.2) is 0 Å². The van der Waals surface area contributed by atoms with Crippen LogP contribution in [0.4, 0.5) is 0 Å². The molecule has 30 heavy (non-hydrogen) atoms. The summed E-state index contributed by atoms with van der Waals surface area (Å²) in [5.41, 5.74) is 0. The van der Waals surface area contributed by atoms with Gasteiger partial charge >= 0.3 is 17.9 Å². The highest BCUT2D eigenvalue weighted by atomic mass is 16.5. The summed E-state index contributed by atoms with van der Waals surface area (Å²) in [4.78, 5) is 79.7. The van der Waals surface area contributed by atoms with E-state index in [4.69, 9.17) is 10.2 Å². The smallest absolute Gasteiger partial charge is 0.314 e. The third-order valence-corrected chi connectivity index (χ3v) is 2.11. The molecule has 12 nitrogen and oxygen atoms in total. The van der Waals surface area contributed by atoms with Crippen LogP contribution in [-0.2, 0) is 43.1 Å². The zero-order valence-corrected chi connectivity index (χ0v) is 17.9. The summed E-state index contributed by atoms with van der Waals surface area (Å²) in [6.45, 7) is 5.54. The molecule has 12 heteroatoms. The van der Waals surface area contributed by atoms with E-state index in [1.165, 1.54) is 41.9 Å². The molecule has 0 aliphatic carbocycles. The van der Waals surface area contributed by atoms with Gasteiger partial charge < -0.3 is 20.3 Å². The molecule has 0 aromatic heterocycles. The Morgan fingerprint density at radius 1 is 0.633 bits per heavy atom. The predicted molar refractivity (Wildman–Crippen MR) is 103 cm³/mol. The topological polar surface area (TPSA) is 198 Å². The maximum Gasteiger partial charge on any atom is 0.314 e. The van der Waals surface area contributed by atoms with Gasteiger partial charge in [-0.2, -0.15) is 0 Å². The van der Waals surface area contributed by atoms with Crippen molar-refractivity contribution in [3.63, 3.8) is 0 Å². The van der Waals surface area contributed by atoms with Crippen LogP contribution in [-0.4, -0.2) is 71.3 Å². The van der Waals surface area contributed by atoms with Gasteiger partial charge in [0.25, 0.3) is 0 Å². The molecule has 3 N–H and O–H groups in total. The highest BCUT2D eigenvalue weighted by Crippen LogP contribution is 1.83. The molecule has 0 rings (SSSR count). The van der Waals surface area contributed by atoms with Crippen LogP contribution in [0.2, 0.25) is 0 Å². The zero-order valence-electron chi connectivity index (χ0n) is 17.9. The highest BCUT2D eigenvalue weighted by Gasteiger charge is 2.02. The summed E-state index contributed by atoms with van der Waals surface area (Å²) in [6, 6.07) is 0. The average molecular weight is 435 g/mol. The minimum Gasteiger partial charge on any atom is -0.481 e. The number of esters is 1. The van der Waals surface area contributed by atoms with Gasteiger partial charge in [-0.15, -0.1) is 0 Å². The van der Waals surface area contributed by atoms with Gasteiger partial charge in [0.1, 0.15) is 36.0 Å². The number of amides is 1. The van der Waals surface area contributed by atoms with Gasteiger partial charge in [-0.1, -0.05) is 0 Å². The van der Waals surface area contributed by atoms with Crippen LogP contribution < -0.4 is 5.32 Å². The summed E-state index contributed by atoms with van der Waals surface area (Å²) >= 11 is 0. The van der Waals surface area contributed by atoms with Gasteiger partial charge in [0, 0.05) is 7.05 Å². The highest BCUT2D eigenvalue weighted by molar-refractivity contribution is 5.97. The normalized spacial score (nSPS) is 8.20. The van der Waals surface area contributed by atoms with Gasteiger partial charge in [-0.05, 0) is 27.7 Å². The molecular weight excluding hydrogens is 406 g/mol. The largest absolute Gasteiger partial charge is 0.481 e. The van der Waals surface area contributed by atoms with Crippen molar-refractivity contribution in [2.75, 3.05) is 14.2 Å². The molecule has 1 amide bonds. The van der Waals surface area contributed by atoms with Crippen LogP contribution in [0.1, 0.15) is 53.4 Å². The SMILES string of the molecule is CC(=O)CC(C)=O.CNC(=O)CC(C)=O.COC(=O)CC(C)=O.O=C(O)CC(=O)O. The van der Waals surface area contributed by atoms with Gasteiger partial charge in [0.05, 0.1) is 20.0 Å². The number of Topliss-reactive ketones (excluding diaryl/α,β-unsaturated/α-hetero) is 4. The van der Waals surface area contributed by atoms with Gasteiger partial charge in [0.2, 0.25) is 5.91 Å². The molecule has 0 saturated carbocycles. The number of carboxylic acids is 2. The number of ether oxygens (including phenoxy) is 1. The van der Waals surface area contributed by atoms with Gasteiger partial charge in [-0.25, -0.2) is 0 Å². The molecule has 0 aliphatic rings. The van der Waals surface area contributed by atoms with E-state index in [0.717, 1.165) is 0 Å². The van der Waals surface area contributed by atoms with Crippen LogP contribution in [0, 0.1) is 0 Å². The van der Waals surface area contributed by atoms with Crippen LogP contribution in [0.25, 0.3) is 0 Å². The first-order valence-corrected chi connectivity index (χ1v) is 8.27. The van der Waals surface area contributed by atoms with Crippen molar-refractivity contribution in [2.45, 2.75) is 53.4 Å². The second-order valence-corrected chi connectivity index (χ2v) is 5.55. The first-order chi connectivity index (χ1) is 13.6. The van der Waals surface area contributed by atoms with Crippen molar-refractivity contribution < 1.29 is 53.3 Å². The van der Waals surface area contributed by atoms with E-state index in [1.807, 2.05) is 0 Å². The van der Waals surface area contributed by atoms with Crippen LogP contribution in [0.3, 0.4) is 0 Å². The van der Waals surface area contributed by atoms with E-state index in [2.05, 4.69) is 10.1 Å². The van der Waals surface area contributed by atoms with Crippen molar-refractivity contribution in [2.24, 2.45) is 0 Å². The third-order valence-electron chi connectivity index (χ3n) is 2.11. The molecule has 0 aromatic carbocycles. The number of rotatable bonds is 8. The number of methoxy groups -OCH3 is 1. The lowest BCUT2D eigenvalue weighted by Crippen LogP contribution is -2.19. The molecular formula is C18H29NO11. The lowest BCUT2D eigenvalue weighted by atomic mass is 10.2. The fraction of sp³-hybridized carbons (Fsp3) is 0.556. The standard InChI is InChI=1S/C5H9NO2.C5H8O3.C5H8O2.C3H4O4/c1-4(7)3-5(8)6-2;1-4(6)3-5(7)8-2;1-4(6)3-5(2)7;4-2(5)1-3(6)7/h3H2,1-2H3,(H,6,8);3H2,1-2H3;3H2,1-2H3;1H2,(H,4,5)(H,6,7). The lowest BCUT2D eigenvalue weighted by molar-refractivity contribution is -0.147. The molecule has 0 aromatic rings. The monoisotopic (exact) mass is 435 g/mol. The minimum absolute atomic E-state index is 0.00347. The Morgan fingerprint density at radius 2 is 0.967 bits per heavy atom. The third kappa shape index (κ3) is 49.7. The second kappa shape index (κ2) is 21.9. The van der Waals surface area contributed by atoms with E-state index in [0.29, 0.717) is 0 Å². The zero-order chi connectivity index (χ0) is 24.9. The quantitative estimate of drug-likeness (QED) is 0.341. The molecule has 0 unspecified atom stereocenters. The molecule has 0 bridgehead atoms. The van der Waals surface area contributed by atoms with E-state index in [9.17, 15) is 38.4 Å². The Bertz CT molecular complexity index is 546.